The van der Waals surface area contributed by atoms with E-state index < -0.39 is 0 Å². The summed E-state index contributed by atoms with van der Waals surface area (Å²) in [6.07, 6.45) is 0. The van der Waals surface area contributed by atoms with Crippen molar-refractivity contribution in [3.63, 3.8) is 0 Å². The maximum Gasteiger partial charge on any atom is 0.278 e. The number of rotatable bonds is 5. The van der Waals surface area contributed by atoms with Gasteiger partial charge in [-0.15, -0.1) is 10.2 Å². The summed E-state index contributed by atoms with van der Waals surface area (Å²) in [5, 5.41) is 11.3. The van der Waals surface area contributed by atoms with Gasteiger partial charge < -0.3 is 10.2 Å². The van der Waals surface area contributed by atoms with Crippen LogP contribution in [-0.4, -0.2) is 28.7 Å². The highest BCUT2D eigenvalue weighted by Crippen LogP contribution is 2.18. The van der Waals surface area contributed by atoms with Crippen LogP contribution in [0.5, 0.6) is 0 Å². The molecule has 0 bridgehead atoms. The molecule has 0 fully saturated rings. The Kier molecular flexibility index (Phi) is 5.09. The second kappa shape index (κ2) is 7.02. The summed E-state index contributed by atoms with van der Waals surface area (Å²) in [4.78, 5) is 14.3. The zero-order valence-electron chi connectivity index (χ0n) is 13.5. The highest BCUT2D eigenvalue weighted by Gasteiger charge is 2.18. The van der Waals surface area contributed by atoms with Crippen molar-refractivity contribution in [1.82, 2.24) is 10.2 Å². The summed E-state index contributed by atoms with van der Waals surface area (Å²) in [6.45, 7) is 8.58. The molecule has 0 saturated carbocycles. The van der Waals surface area contributed by atoms with Gasteiger partial charge in [-0.2, -0.15) is 0 Å². The average Bonchev–Trinajstić information content (AvgIpc) is 2.48. The quantitative estimate of drug-likeness (QED) is 0.920. The van der Waals surface area contributed by atoms with Crippen molar-refractivity contribution < 1.29 is 4.79 Å². The molecule has 1 heterocycles. The highest BCUT2D eigenvalue weighted by atomic mass is 16.2. The van der Waals surface area contributed by atoms with Gasteiger partial charge in [0.25, 0.3) is 5.91 Å². The Morgan fingerprint density at radius 2 is 2.00 bits per heavy atom. The molecule has 1 N–H and O–H groups in total. The van der Waals surface area contributed by atoms with Gasteiger partial charge in [-0.25, -0.2) is 0 Å². The molecule has 116 valence electrons. The number of hydrogen-bond acceptors (Lipinski definition) is 4. The van der Waals surface area contributed by atoms with Crippen molar-refractivity contribution in [1.29, 1.82) is 0 Å². The Morgan fingerprint density at radius 3 is 2.55 bits per heavy atom. The average molecular weight is 298 g/mol. The van der Waals surface area contributed by atoms with Crippen LogP contribution < -0.4 is 10.2 Å². The third kappa shape index (κ3) is 3.81. The summed E-state index contributed by atoms with van der Waals surface area (Å²) >= 11 is 0. The summed E-state index contributed by atoms with van der Waals surface area (Å²) in [7, 11) is 0. The molecule has 0 atom stereocenters. The van der Waals surface area contributed by atoms with E-state index in [1.165, 1.54) is 0 Å². The van der Waals surface area contributed by atoms with Crippen molar-refractivity contribution in [2.24, 2.45) is 0 Å². The van der Waals surface area contributed by atoms with Crippen LogP contribution in [0.15, 0.2) is 36.4 Å². The molecule has 1 aromatic heterocycles. The molecule has 2 aromatic rings. The zero-order chi connectivity index (χ0) is 16.1. The molecule has 0 spiro atoms. The Labute approximate surface area is 131 Å². The molecule has 1 amide bonds. The van der Waals surface area contributed by atoms with Crippen molar-refractivity contribution in [2.75, 3.05) is 16.8 Å². The second-order valence-electron chi connectivity index (χ2n) is 5.49. The Bertz CT molecular complexity index is 637. The van der Waals surface area contributed by atoms with Crippen LogP contribution in [0.4, 0.5) is 11.5 Å². The summed E-state index contributed by atoms with van der Waals surface area (Å²) < 4.78 is 0. The molecule has 1 aromatic carbocycles. The smallest absolute Gasteiger partial charge is 0.278 e. The minimum absolute atomic E-state index is 0.142. The predicted octanol–water partition coefficient (Wildman–Crippen LogP) is 3.27. The molecule has 0 unspecified atom stereocenters. The Morgan fingerprint density at radius 1 is 1.23 bits per heavy atom. The highest BCUT2D eigenvalue weighted by molar-refractivity contribution is 6.04. The zero-order valence-corrected chi connectivity index (χ0v) is 13.5. The van der Waals surface area contributed by atoms with Gasteiger partial charge in [0, 0.05) is 18.3 Å². The van der Waals surface area contributed by atoms with Crippen LogP contribution in [0.2, 0.25) is 0 Å². The molecule has 5 heteroatoms. The Hall–Kier alpha value is -2.43. The minimum Gasteiger partial charge on any atom is -0.366 e. The fraction of sp³-hybridized carbons (Fsp3) is 0.353. The second-order valence-corrected chi connectivity index (χ2v) is 5.49. The molecule has 0 aliphatic carbocycles. The van der Waals surface area contributed by atoms with E-state index in [0.717, 1.165) is 11.3 Å². The van der Waals surface area contributed by atoms with Gasteiger partial charge in [-0.1, -0.05) is 12.1 Å². The first-order chi connectivity index (χ1) is 10.5. The van der Waals surface area contributed by atoms with Crippen molar-refractivity contribution in [3.05, 3.63) is 47.7 Å². The van der Waals surface area contributed by atoms with E-state index in [1.54, 1.807) is 17.0 Å². The Balaban J connectivity index is 2.21. The lowest BCUT2D eigenvalue weighted by Gasteiger charge is -2.21. The van der Waals surface area contributed by atoms with Crippen molar-refractivity contribution in [3.8, 4) is 0 Å². The number of anilines is 2. The number of aryl methyl sites for hydroxylation is 1. The number of hydrogen-bond donors (Lipinski definition) is 1. The number of benzene rings is 1. The van der Waals surface area contributed by atoms with Crippen molar-refractivity contribution in [2.45, 2.75) is 33.7 Å². The fourth-order valence-corrected chi connectivity index (χ4v) is 2.20. The van der Waals surface area contributed by atoms with Crippen LogP contribution in [0, 0.1) is 6.92 Å². The van der Waals surface area contributed by atoms with E-state index in [4.69, 9.17) is 0 Å². The van der Waals surface area contributed by atoms with E-state index in [9.17, 15) is 4.79 Å². The largest absolute Gasteiger partial charge is 0.366 e. The molecular weight excluding hydrogens is 276 g/mol. The monoisotopic (exact) mass is 298 g/mol. The first-order valence-corrected chi connectivity index (χ1v) is 7.50. The van der Waals surface area contributed by atoms with E-state index in [1.807, 2.05) is 52.0 Å². The molecule has 0 saturated heterocycles. The molecule has 2 rings (SSSR count). The lowest BCUT2D eigenvalue weighted by molar-refractivity contribution is 0.0982. The lowest BCUT2D eigenvalue weighted by atomic mass is 10.2. The number of nitrogens with zero attached hydrogens (tertiary/aromatic N) is 3. The van der Waals surface area contributed by atoms with E-state index in [-0.39, 0.29) is 11.9 Å². The minimum atomic E-state index is -0.142. The van der Waals surface area contributed by atoms with Crippen LogP contribution in [-0.2, 0) is 0 Å². The van der Waals surface area contributed by atoms with E-state index >= 15 is 0 Å². The molecule has 0 radical (unpaired) electrons. The summed E-state index contributed by atoms with van der Waals surface area (Å²) in [5.74, 6) is 0.529. The normalized spacial score (nSPS) is 10.6. The molecule has 5 nitrogen and oxygen atoms in total. The number of nitrogens with one attached hydrogen (secondary N) is 1. The topological polar surface area (TPSA) is 58.1 Å². The maximum atomic E-state index is 12.6. The standard InChI is InChI=1S/C17H22N4O/c1-5-21(14-8-6-7-13(4)11-14)17(22)15-9-10-16(20-19-15)18-12(2)3/h6-12H,5H2,1-4H3,(H,18,20). The molecule has 22 heavy (non-hydrogen) atoms. The molecular formula is C17H22N4O. The van der Waals surface area contributed by atoms with Gasteiger partial charge in [-0.05, 0) is 57.5 Å². The number of carbonyl (C=O) groups excluding carboxylic acids is 1. The van der Waals surface area contributed by atoms with Gasteiger partial charge in [0.05, 0.1) is 0 Å². The van der Waals surface area contributed by atoms with Gasteiger partial charge in [0.15, 0.2) is 5.69 Å². The summed E-state index contributed by atoms with van der Waals surface area (Å²) in [6, 6.07) is 11.6. The SMILES string of the molecule is CCN(C(=O)c1ccc(NC(C)C)nn1)c1cccc(C)c1. The first-order valence-electron chi connectivity index (χ1n) is 7.50. The lowest BCUT2D eigenvalue weighted by Crippen LogP contribution is -2.31. The molecule has 0 aliphatic heterocycles. The molecule has 0 aliphatic rings. The maximum absolute atomic E-state index is 12.6. The van der Waals surface area contributed by atoms with Gasteiger partial charge in [-0.3, -0.25) is 4.79 Å². The third-order valence-electron chi connectivity index (χ3n) is 3.19. The van der Waals surface area contributed by atoms with Gasteiger partial charge in [0.1, 0.15) is 5.82 Å². The van der Waals surface area contributed by atoms with Crippen LogP contribution in [0.25, 0.3) is 0 Å². The predicted molar refractivity (Wildman–Crippen MR) is 89.3 cm³/mol. The first kappa shape index (κ1) is 15.9. The van der Waals surface area contributed by atoms with Crippen LogP contribution in [0.1, 0.15) is 36.8 Å². The van der Waals surface area contributed by atoms with Gasteiger partial charge >= 0.3 is 0 Å². The fourth-order valence-electron chi connectivity index (χ4n) is 2.20. The number of carbonyl (C=O) groups is 1. The van der Waals surface area contributed by atoms with Crippen LogP contribution >= 0.6 is 0 Å². The third-order valence-corrected chi connectivity index (χ3v) is 3.19. The number of aromatic nitrogens is 2. The number of amides is 1. The van der Waals surface area contributed by atoms with E-state index in [2.05, 4.69) is 15.5 Å². The van der Waals surface area contributed by atoms with E-state index in [0.29, 0.717) is 18.1 Å². The van der Waals surface area contributed by atoms with Crippen molar-refractivity contribution >= 4 is 17.4 Å². The summed E-state index contributed by atoms with van der Waals surface area (Å²) in [5.41, 5.74) is 2.34. The van der Waals surface area contributed by atoms with Crippen LogP contribution in [0.3, 0.4) is 0 Å². The van der Waals surface area contributed by atoms with Gasteiger partial charge in [0.2, 0.25) is 0 Å².